The van der Waals surface area contributed by atoms with Gasteiger partial charge in [0.1, 0.15) is 5.54 Å². The van der Waals surface area contributed by atoms with Crippen molar-refractivity contribution in [3.05, 3.63) is 0 Å². The molecule has 1 radical (unpaired) electrons. The minimum atomic E-state index is -1.10. The van der Waals surface area contributed by atoms with E-state index in [4.69, 9.17) is 10.8 Å². The van der Waals surface area contributed by atoms with Crippen LogP contribution in [0.15, 0.2) is 0 Å². The van der Waals surface area contributed by atoms with Crippen LogP contribution in [0.2, 0.25) is 6.32 Å². The molecule has 1 rings (SSSR count). The maximum Gasteiger partial charge on any atom is 0.323 e. The van der Waals surface area contributed by atoms with Crippen molar-refractivity contribution in [3.8, 4) is 0 Å². The van der Waals surface area contributed by atoms with E-state index in [9.17, 15) is 9.90 Å². The number of hydrogen-bond donors (Lipinski definition) is 3. The first kappa shape index (κ1) is 18.5. The Morgan fingerprint density at radius 1 is 1.43 bits per heavy atom. The molecule has 4 nitrogen and oxygen atoms in total. The van der Waals surface area contributed by atoms with Crippen molar-refractivity contribution in [1.82, 2.24) is 0 Å². The fourth-order valence-corrected chi connectivity index (χ4v) is 3.99. The molecule has 1 saturated carbocycles. The van der Waals surface area contributed by atoms with Crippen LogP contribution in [0.3, 0.4) is 0 Å². The predicted molar refractivity (Wildman–Crippen MR) is 86.1 cm³/mol. The van der Waals surface area contributed by atoms with Crippen molar-refractivity contribution in [1.29, 1.82) is 0 Å². The lowest BCUT2D eigenvalue weighted by atomic mass is 9.71. The largest absolute Gasteiger partial charge is 0.480 e. The van der Waals surface area contributed by atoms with Gasteiger partial charge in [0.2, 0.25) is 0 Å². The molecule has 0 aromatic carbocycles. The summed E-state index contributed by atoms with van der Waals surface area (Å²) in [5, 5.41) is 18.5. The molecule has 3 atom stereocenters. The molecule has 3 unspecified atom stereocenters. The van der Waals surface area contributed by atoms with Crippen molar-refractivity contribution in [2.75, 3.05) is 0 Å². The third-order valence-electron chi connectivity index (χ3n) is 5.56. The predicted octanol–water partition coefficient (Wildman–Crippen LogP) is 2.82. The molecule has 1 fully saturated rings. The summed E-state index contributed by atoms with van der Waals surface area (Å²) in [5.41, 5.74) is 5.29. The lowest BCUT2D eigenvalue weighted by Crippen LogP contribution is -2.51. The van der Waals surface area contributed by atoms with Crippen LogP contribution in [0.1, 0.15) is 65.7 Å². The van der Waals surface area contributed by atoms with Gasteiger partial charge < -0.3 is 15.9 Å². The maximum absolute atomic E-state index is 11.8. The second kappa shape index (κ2) is 7.64. The van der Waals surface area contributed by atoms with Gasteiger partial charge in [-0.2, -0.15) is 0 Å². The van der Waals surface area contributed by atoms with Gasteiger partial charge >= 0.3 is 5.97 Å². The summed E-state index contributed by atoms with van der Waals surface area (Å²) < 4.78 is 0. The number of carboxylic acid groups (broad SMARTS) is 1. The number of hydrogen-bond acceptors (Lipinski definition) is 3. The van der Waals surface area contributed by atoms with Crippen molar-refractivity contribution >= 4 is 13.5 Å². The summed E-state index contributed by atoms with van der Waals surface area (Å²) in [6.07, 6.45) is 7.00. The summed E-state index contributed by atoms with van der Waals surface area (Å²) in [4.78, 5) is 11.8. The Bertz CT molecular complexity index is 350. The first-order chi connectivity index (χ1) is 9.82. The van der Waals surface area contributed by atoms with Crippen LogP contribution in [0.25, 0.3) is 0 Å². The molecule has 0 bridgehead atoms. The molecule has 4 N–H and O–H groups in total. The minimum absolute atomic E-state index is 0.00852. The Labute approximate surface area is 129 Å². The summed E-state index contributed by atoms with van der Waals surface area (Å²) >= 11 is 0. The van der Waals surface area contributed by atoms with E-state index in [-0.39, 0.29) is 11.3 Å². The van der Waals surface area contributed by atoms with Crippen LogP contribution >= 0.6 is 0 Å². The summed E-state index contributed by atoms with van der Waals surface area (Å²) in [6.45, 7) is 6.56. The molecule has 0 amide bonds. The highest BCUT2D eigenvalue weighted by Crippen LogP contribution is 2.55. The van der Waals surface area contributed by atoms with E-state index in [0.717, 1.165) is 46.0 Å². The molecule has 0 spiro atoms. The van der Waals surface area contributed by atoms with Gasteiger partial charge in [0, 0.05) is 0 Å². The molecule has 0 aliphatic heterocycles. The fraction of sp³-hybridized carbons (Fsp3) is 0.938. The molecule has 5 heteroatoms. The number of carboxylic acids is 1. The number of aliphatic carboxylic acids is 1. The number of rotatable bonds is 9. The van der Waals surface area contributed by atoms with Crippen LogP contribution < -0.4 is 5.73 Å². The van der Waals surface area contributed by atoms with E-state index in [1.165, 1.54) is 0 Å². The molecule has 0 saturated heterocycles. The average molecular weight is 296 g/mol. The normalized spacial score (nSPS) is 32.6. The smallest absolute Gasteiger partial charge is 0.323 e. The minimum Gasteiger partial charge on any atom is -0.480 e. The van der Waals surface area contributed by atoms with Gasteiger partial charge in [0.25, 0.3) is 7.48 Å². The van der Waals surface area contributed by atoms with Crippen LogP contribution in [0.5, 0.6) is 0 Å². The zero-order chi connectivity index (χ0) is 16.1. The Morgan fingerprint density at radius 3 is 2.57 bits per heavy atom. The van der Waals surface area contributed by atoms with E-state index in [0.29, 0.717) is 18.7 Å². The average Bonchev–Trinajstić information content (AvgIpc) is 2.72. The van der Waals surface area contributed by atoms with Crippen molar-refractivity contribution in [3.63, 3.8) is 0 Å². The first-order valence-electron chi connectivity index (χ1n) is 8.30. The van der Waals surface area contributed by atoms with Crippen molar-refractivity contribution in [2.24, 2.45) is 23.0 Å². The van der Waals surface area contributed by atoms with E-state index < -0.39 is 11.5 Å². The van der Waals surface area contributed by atoms with E-state index >= 15 is 0 Å². The fourth-order valence-electron chi connectivity index (χ4n) is 3.99. The van der Waals surface area contributed by atoms with Gasteiger partial charge in [0.05, 0.1) is 0 Å². The summed E-state index contributed by atoms with van der Waals surface area (Å²) in [6, 6.07) is 0. The number of nitrogens with two attached hydrogens (primary N) is 1. The topological polar surface area (TPSA) is 83.5 Å². The molecular formula is C16H31BNO3. The van der Waals surface area contributed by atoms with Gasteiger partial charge in [-0.15, -0.1) is 0 Å². The molecule has 121 valence electrons. The number of unbranched alkanes of at least 4 members (excludes halogenated alkanes) is 1. The van der Waals surface area contributed by atoms with Crippen molar-refractivity contribution in [2.45, 2.75) is 77.6 Å². The molecule has 0 heterocycles. The van der Waals surface area contributed by atoms with Gasteiger partial charge in [-0.3, -0.25) is 4.79 Å². The Kier molecular flexibility index (Phi) is 6.73. The first-order valence-corrected chi connectivity index (χ1v) is 8.30. The summed E-state index contributed by atoms with van der Waals surface area (Å²) in [5.74, 6) is -0.408. The van der Waals surface area contributed by atoms with Gasteiger partial charge in [-0.05, 0) is 42.9 Å². The SMILES string of the molecule is CCCCC1(C(C)C)CC(CCC[B]O)C(N)(C(=O)O)C1. The quantitative estimate of drug-likeness (QED) is 0.451. The van der Waals surface area contributed by atoms with Crippen LogP contribution in [0, 0.1) is 17.3 Å². The monoisotopic (exact) mass is 296 g/mol. The zero-order valence-electron chi connectivity index (χ0n) is 13.8. The van der Waals surface area contributed by atoms with Gasteiger partial charge in [-0.1, -0.05) is 46.4 Å². The van der Waals surface area contributed by atoms with Gasteiger partial charge in [-0.25, -0.2) is 0 Å². The third kappa shape index (κ3) is 4.01. The maximum atomic E-state index is 11.8. The van der Waals surface area contributed by atoms with Crippen LogP contribution in [-0.2, 0) is 4.79 Å². The molecular weight excluding hydrogens is 265 g/mol. The lowest BCUT2D eigenvalue weighted by Gasteiger charge is -2.35. The lowest BCUT2D eigenvalue weighted by molar-refractivity contribution is -0.145. The van der Waals surface area contributed by atoms with Crippen LogP contribution in [-0.4, -0.2) is 29.1 Å². The Morgan fingerprint density at radius 2 is 2.10 bits per heavy atom. The van der Waals surface area contributed by atoms with Gasteiger partial charge in [0.15, 0.2) is 0 Å². The number of carbonyl (C=O) groups is 1. The Balaban J connectivity index is 2.93. The summed E-state index contributed by atoms with van der Waals surface area (Å²) in [7, 11) is 1.15. The highest BCUT2D eigenvalue weighted by molar-refractivity contribution is 6.25. The second-order valence-electron chi connectivity index (χ2n) is 7.16. The Hall–Kier alpha value is -0.545. The molecule has 21 heavy (non-hydrogen) atoms. The molecule has 1 aliphatic carbocycles. The standard InChI is InChI=1S/C16H31BNO3/c1-4-5-8-15(12(2)3)10-13(7-6-9-17-21)16(18,11-15)14(19)20/h12-13,21H,4-11,18H2,1-3H3,(H,19,20). The second-order valence-corrected chi connectivity index (χ2v) is 7.16. The highest BCUT2D eigenvalue weighted by atomic mass is 16.4. The van der Waals surface area contributed by atoms with E-state index in [1.807, 2.05) is 0 Å². The highest BCUT2D eigenvalue weighted by Gasteiger charge is 2.56. The zero-order valence-corrected chi connectivity index (χ0v) is 13.8. The van der Waals surface area contributed by atoms with Crippen molar-refractivity contribution < 1.29 is 14.9 Å². The molecule has 0 aromatic rings. The van der Waals surface area contributed by atoms with E-state index in [1.54, 1.807) is 0 Å². The molecule has 1 aliphatic rings. The van der Waals surface area contributed by atoms with E-state index in [2.05, 4.69) is 20.8 Å². The molecule has 0 aromatic heterocycles. The third-order valence-corrected chi connectivity index (χ3v) is 5.56. The van der Waals surface area contributed by atoms with Crippen LogP contribution in [0.4, 0.5) is 0 Å².